The van der Waals surface area contributed by atoms with Crippen molar-refractivity contribution in [1.82, 2.24) is 4.98 Å². The molecule has 1 aromatic carbocycles. The normalized spacial score (nSPS) is 15.1. The maximum absolute atomic E-state index is 13.6. The van der Waals surface area contributed by atoms with E-state index in [9.17, 15) is 22.4 Å². The molecule has 0 fully saturated rings. The SMILES string of the molecule is Cc1[nH]c(C=C2C(=O)Nc3ccc(F)cc32)c(CCC(=O)O)c1S(C)(=O)=O. The Morgan fingerprint density at radius 3 is 2.67 bits per heavy atom. The number of aliphatic carboxylic acids is 1. The fraction of sp³-hybridized carbons (Fsp3) is 0.222. The first-order valence-corrected chi connectivity index (χ1v) is 9.93. The van der Waals surface area contributed by atoms with Crippen LogP contribution in [0.1, 0.15) is 28.9 Å². The molecular formula is C18H17FN2O5S. The molecule has 2 aromatic rings. The number of fused-ring (bicyclic) bond motifs is 1. The molecule has 142 valence electrons. The van der Waals surface area contributed by atoms with E-state index < -0.39 is 27.5 Å². The minimum atomic E-state index is -3.62. The molecule has 1 aliphatic heterocycles. The van der Waals surface area contributed by atoms with Gasteiger partial charge in [0.15, 0.2) is 9.84 Å². The van der Waals surface area contributed by atoms with Crippen molar-refractivity contribution in [2.24, 2.45) is 0 Å². The molecule has 9 heteroatoms. The summed E-state index contributed by atoms with van der Waals surface area (Å²) < 4.78 is 37.9. The Bertz CT molecular complexity index is 1100. The van der Waals surface area contributed by atoms with Gasteiger partial charge in [0.25, 0.3) is 5.91 Å². The van der Waals surface area contributed by atoms with Gasteiger partial charge in [-0.3, -0.25) is 9.59 Å². The number of aromatic amines is 1. The van der Waals surface area contributed by atoms with E-state index in [4.69, 9.17) is 5.11 Å². The second-order valence-electron chi connectivity index (χ2n) is 6.34. The number of carboxylic acid groups (broad SMARTS) is 1. The summed E-state index contributed by atoms with van der Waals surface area (Å²) >= 11 is 0. The number of carbonyl (C=O) groups excluding carboxylic acids is 1. The zero-order chi connectivity index (χ0) is 19.9. The Kier molecular flexibility index (Phi) is 4.64. The van der Waals surface area contributed by atoms with Gasteiger partial charge in [-0.2, -0.15) is 0 Å². The number of anilines is 1. The molecule has 0 spiro atoms. The van der Waals surface area contributed by atoms with E-state index in [0.29, 0.717) is 28.2 Å². The van der Waals surface area contributed by atoms with Crippen LogP contribution in [0.4, 0.5) is 10.1 Å². The second-order valence-corrected chi connectivity index (χ2v) is 8.29. The summed E-state index contributed by atoms with van der Waals surface area (Å²) in [6.45, 7) is 1.56. The highest BCUT2D eigenvalue weighted by molar-refractivity contribution is 7.90. The lowest BCUT2D eigenvalue weighted by atomic mass is 10.0. The van der Waals surface area contributed by atoms with Crippen LogP contribution in [0.25, 0.3) is 11.6 Å². The van der Waals surface area contributed by atoms with E-state index in [0.717, 1.165) is 6.26 Å². The minimum absolute atomic E-state index is 0.0217. The molecule has 1 aliphatic rings. The van der Waals surface area contributed by atoms with Crippen LogP contribution in [0.3, 0.4) is 0 Å². The van der Waals surface area contributed by atoms with E-state index in [1.54, 1.807) is 6.92 Å². The van der Waals surface area contributed by atoms with Gasteiger partial charge in [0, 0.05) is 35.3 Å². The molecule has 0 radical (unpaired) electrons. The minimum Gasteiger partial charge on any atom is -0.481 e. The third kappa shape index (κ3) is 3.63. The molecule has 0 saturated carbocycles. The van der Waals surface area contributed by atoms with Gasteiger partial charge in [-0.05, 0) is 43.2 Å². The van der Waals surface area contributed by atoms with Crippen LogP contribution in [-0.2, 0) is 25.8 Å². The van der Waals surface area contributed by atoms with E-state index >= 15 is 0 Å². The van der Waals surface area contributed by atoms with E-state index in [1.807, 2.05) is 0 Å². The molecule has 0 atom stereocenters. The number of carbonyl (C=O) groups is 2. The van der Waals surface area contributed by atoms with Crippen LogP contribution < -0.4 is 5.32 Å². The standard InChI is InChI=1S/C18H17FN2O5S/c1-9-17(27(2,25)26)11(4-6-16(22)23)15(20-9)8-13-12-7-10(19)3-5-14(12)21-18(13)24/h3,5,7-8,20H,4,6H2,1-2H3,(H,21,24)(H,22,23). The predicted molar refractivity (Wildman–Crippen MR) is 97.5 cm³/mol. The number of sulfone groups is 1. The number of carboxylic acids is 1. The molecule has 27 heavy (non-hydrogen) atoms. The Morgan fingerprint density at radius 2 is 2.04 bits per heavy atom. The van der Waals surface area contributed by atoms with Gasteiger partial charge in [0.2, 0.25) is 0 Å². The van der Waals surface area contributed by atoms with E-state index in [2.05, 4.69) is 10.3 Å². The number of rotatable bonds is 5. The number of nitrogens with one attached hydrogen (secondary N) is 2. The first-order chi connectivity index (χ1) is 12.6. The number of benzene rings is 1. The van der Waals surface area contributed by atoms with Crippen molar-refractivity contribution in [1.29, 1.82) is 0 Å². The van der Waals surface area contributed by atoms with E-state index in [-0.39, 0.29) is 23.3 Å². The Labute approximate surface area is 154 Å². The summed E-state index contributed by atoms with van der Waals surface area (Å²) in [5.41, 5.74) is 1.94. The Morgan fingerprint density at radius 1 is 1.33 bits per heavy atom. The van der Waals surface area contributed by atoms with Crippen LogP contribution in [0, 0.1) is 12.7 Å². The van der Waals surface area contributed by atoms with Crippen molar-refractivity contribution >= 4 is 39.1 Å². The van der Waals surface area contributed by atoms with Crippen molar-refractivity contribution in [3.63, 3.8) is 0 Å². The number of H-pyrrole nitrogens is 1. The first-order valence-electron chi connectivity index (χ1n) is 8.04. The van der Waals surface area contributed by atoms with Crippen LogP contribution in [0.2, 0.25) is 0 Å². The summed E-state index contributed by atoms with van der Waals surface area (Å²) in [5.74, 6) is -2.03. The molecule has 3 rings (SSSR count). The van der Waals surface area contributed by atoms with Crippen molar-refractivity contribution in [3.05, 3.63) is 46.5 Å². The average Bonchev–Trinajstić information content (AvgIpc) is 3.02. The highest BCUT2D eigenvalue weighted by Crippen LogP contribution is 2.35. The molecule has 0 unspecified atom stereocenters. The van der Waals surface area contributed by atoms with Gasteiger partial charge in [-0.1, -0.05) is 0 Å². The quantitative estimate of drug-likeness (QED) is 0.676. The van der Waals surface area contributed by atoms with Crippen LogP contribution in [-0.4, -0.2) is 36.6 Å². The number of hydrogen-bond acceptors (Lipinski definition) is 4. The molecule has 1 amide bonds. The highest BCUT2D eigenvalue weighted by Gasteiger charge is 2.27. The lowest BCUT2D eigenvalue weighted by Gasteiger charge is -2.04. The highest BCUT2D eigenvalue weighted by atomic mass is 32.2. The van der Waals surface area contributed by atoms with Gasteiger partial charge in [-0.15, -0.1) is 0 Å². The van der Waals surface area contributed by atoms with Crippen molar-refractivity contribution in [2.75, 3.05) is 11.6 Å². The van der Waals surface area contributed by atoms with Crippen LogP contribution >= 0.6 is 0 Å². The fourth-order valence-electron chi connectivity index (χ4n) is 3.24. The molecule has 1 aromatic heterocycles. The average molecular weight is 392 g/mol. The summed E-state index contributed by atoms with van der Waals surface area (Å²) in [4.78, 5) is 26.2. The van der Waals surface area contributed by atoms with Crippen molar-refractivity contribution in [2.45, 2.75) is 24.7 Å². The fourth-order valence-corrected chi connectivity index (χ4v) is 4.50. The van der Waals surface area contributed by atoms with Gasteiger partial charge < -0.3 is 15.4 Å². The van der Waals surface area contributed by atoms with Gasteiger partial charge >= 0.3 is 5.97 Å². The van der Waals surface area contributed by atoms with Crippen LogP contribution in [0.5, 0.6) is 0 Å². The summed E-state index contributed by atoms with van der Waals surface area (Å²) in [6, 6.07) is 3.88. The summed E-state index contributed by atoms with van der Waals surface area (Å²) in [6.07, 6.45) is 2.17. The van der Waals surface area contributed by atoms with Gasteiger partial charge in [0.05, 0.1) is 10.5 Å². The molecule has 0 saturated heterocycles. The smallest absolute Gasteiger partial charge is 0.303 e. The molecule has 0 bridgehead atoms. The molecule has 0 aliphatic carbocycles. The number of halogens is 1. The zero-order valence-electron chi connectivity index (χ0n) is 14.6. The molecular weight excluding hydrogens is 375 g/mol. The predicted octanol–water partition coefficient (Wildman–Crippen LogP) is 2.38. The Hall–Kier alpha value is -2.94. The summed E-state index contributed by atoms with van der Waals surface area (Å²) in [7, 11) is -3.62. The third-order valence-corrected chi connectivity index (χ3v) is 5.57. The third-order valence-electron chi connectivity index (χ3n) is 4.27. The maximum atomic E-state index is 13.6. The first kappa shape index (κ1) is 18.8. The monoisotopic (exact) mass is 392 g/mol. The molecule has 2 heterocycles. The largest absolute Gasteiger partial charge is 0.481 e. The van der Waals surface area contributed by atoms with Crippen molar-refractivity contribution < 1.29 is 27.5 Å². The lowest BCUT2D eigenvalue weighted by Crippen LogP contribution is -2.06. The molecule has 7 nitrogen and oxygen atoms in total. The molecule has 3 N–H and O–H groups in total. The number of aromatic nitrogens is 1. The van der Waals surface area contributed by atoms with Crippen LogP contribution in [0.15, 0.2) is 23.1 Å². The van der Waals surface area contributed by atoms with Gasteiger partial charge in [0.1, 0.15) is 5.82 Å². The van der Waals surface area contributed by atoms with E-state index in [1.165, 1.54) is 24.3 Å². The maximum Gasteiger partial charge on any atom is 0.303 e. The lowest BCUT2D eigenvalue weighted by molar-refractivity contribution is -0.137. The number of hydrogen-bond donors (Lipinski definition) is 3. The number of aryl methyl sites for hydroxylation is 1. The topological polar surface area (TPSA) is 116 Å². The Balaban J connectivity index is 2.18. The zero-order valence-corrected chi connectivity index (χ0v) is 15.4. The van der Waals surface area contributed by atoms with Gasteiger partial charge in [-0.25, -0.2) is 12.8 Å². The number of amides is 1. The van der Waals surface area contributed by atoms with Crippen molar-refractivity contribution in [3.8, 4) is 0 Å². The summed E-state index contributed by atoms with van der Waals surface area (Å²) in [5, 5.41) is 11.6. The second kappa shape index (κ2) is 6.66.